The van der Waals surface area contributed by atoms with Crippen molar-refractivity contribution in [1.29, 1.82) is 0 Å². The first-order valence-electron chi connectivity index (χ1n) is 18.5. The lowest BCUT2D eigenvalue weighted by molar-refractivity contribution is -0.106. The van der Waals surface area contributed by atoms with Gasteiger partial charge in [-0.15, -0.1) is 0 Å². The minimum absolute atomic E-state index is 0.211. The minimum Gasteiger partial charge on any atom is -0.497 e. The zero-order valence-corrected chi connectivity index (χ0v) is 31.1. The Morgan fingerprint density at radius 3 is 1.60 bits per heavy atom. The Morgan fingerprint density at radius 1 is 0.655 bits per heavy atom. The van der Waals surface area contributed by atoms with E-state index in [2.05, 4.69) is 47.4 Å². The lowest BCUT2D eigenvalue weighted by Crippen LogP contribution is -2.24. The van der Waals surface area contributed by atoms with Gasteiger partial charge in [0, 0.05) is 24.0 Å². The van der Waals surface area contributed by atoms with Crippen LogP contribution in [-0.2, 0) is 20.8 Å². The third kappa shape index (κ3) is 11.9. The molecular weight excluding hydrogens is 693 g/mol. The van der Waals surface area contributed by atoms with Gasteiger partial charge in [-0.3, -0.25) is 0 Å². The molecule has 0 N–H and O–H groups in total. The highest BCUT2D eigenvalue weighted by atomic mass is 16.7. The molecule has 0 amide bonds. The Kier molecular flexibility index (Phi) is 14.1. The summed E-state index contributed by atoms with van der Waals surface area (Å²) >= 11 is 0. The Morgan fingerprint density at radius 2 is 1.15 bits per heavy atom. The summed E-state index contributed by atoms with van der Waals surface area (Å²) in [6, 6.07) is 25.8. The molecule has 4 aromatic rings. The highest BCUT2D eigenvalue weighted by molar-refractivity contribution is 5.91. The summed E-state index contributed by atoms with van der Waals surface area (Å²) in [6.07, 6.45) is 5.63. The Bertz CT molecular complexity index is 2030. The van der Waals surface area contributed by atoms with E-state index in [0.717, 1.165) is 72.5 Å². The monoisotopic (exact) mass is 734 g/mol. The summed E-state index contributed by atoms with van der Waals surface area (Å²) in [6.45, 7) is 3.61. The first-order valence-corrected chi connectivity index (χ1v) is 18.5. The number of carbonyl (C=O) groups is 1. The summed E-state index contributed by atoms with van der Waals surface area (Å²) in [4.78, 5) is 13.0. The molecule has 0 aliphatic carbocycles. The molecule has 6 rings (SSSR count). The zero-order chi connectivity index (χ0) is 38.1. The van der Waals surface area contributed by atoms with Gasteiger partial charge in [0.2, 0.25) is 0 Å². The van der Waals surface area contributed by atoms with Crippen LogP contribution in [0.1, 0.15) is 83.6 Å². The number of esters is 1. The quantitative estimate of drug-likeness (QED) is 0.120. The van der Waals surface area contributed by atoms with Gasteiger partial charge in [0.05, 0.1) is 43.6 Å². The van der Waals surface area contributed by atoms with E-state index >= 15 is 0 Å². The molecule has 0 spiro atoms. The van der Waals surface area contributed by atoms with E-state index in [1.807, 2.05) is 72.8 Å². The summed E-state index contributed by atoms with van der Waals surface area (Å²) in [5.41, 5.74) is 3.58. The second-order valence-electron chi connectivity index (χ2n) is 12.6. The SMILES string of the molecule is CCOC(=O)c1cc(C#CC#Cc2ccc(OC3CCCCO3)cc2)c(OCc2ccc(OC)cc2)c(C#CC#Cc2ccc(OC3CCCCO3)cc2)c1. The van der Waals surface area contributed by atoms with E-state index in [9.17, 15) is 4.79 Å². The second kappa shape index (κ2) is 20.2. The molecule has 2 aliphatic heterocycles. The Balaban J connectivity index is 1.26. The maximum absolute atomic E-state index is 13.0. The largest absolute Gasteiger partial charge is 0.497 e. The molecule has 0 aromatic heterocycles. The van der Waals surface area contributed by atoms with Crippen molar-refractivity contribution in [1.82, 2.24) is 0 Å². The second-order valence-corrected chi connectivity index (χ2v) is 12.6. The van der Waals surface area contributed by atoms with Crippen LogP contribution >= 0.6 is 0 Å². The number of benzene rings is 4. The van der Waals surface area contributed by atoms with Gasteiger partial charge in [0.1, 0.15) is 23.9 Å². The van der Waals surface area contributed by atoms with Crippen LogP contribution in [0, 0.1) is 47.4 Å². The van der Waals surface area contributed by atoms with Crippen LogP contribution in [-0.4, -0.2) is 45.5 Å². The molecule has 4 aromatic carbocycles. The summed E-state index contributed by atoms with van der Waals surface area (Å²) in [5.74, 6) is 26.1. The lowest BCUT2D eigenvalue weighted by atomic mass is 10.0. The first-order chi connectivity index (χ1) is 27.1. The molecule has 2 heterocycles. The van der Waals surface area contributed by atoms with Gasteiger partial charge >= 0.3 is 5.97 Å². The van der Waals surface area contributed by atoms with Crippen LogP contribution in [0.4, 0.5) is 0 Å². The molecule has 0 radical (unpaired) electrons. The van der Waals surface area contributed by atoms with E-state index in [1.165, 1.54) is 0 Å². The molecule has 2 fully saturated rings. The van der Waals surface area contributed by atoms with Crippen molar-refractivity contribution in [3.05, 3.63) is 118 Å². The molecule has 2 aliphatic rings. The summed E-state index contributed by atoms with van der Waals surface area (Å²) < 4.78 is 40.2. The van der Waals surface area contributed by atoms with Crippen molar-refractivity contribution in [3.63, 3.8) is 0 Å². The highest BCUT2D eigenvalue weighted by Crippen LogP contribution is 2.28. The third-order valence-corrected chi connectivity index (χ3v) is 8.59. The van der Waals surface area contributed by atoms with Gasteiger partial charge in [-0.25, -0.2) is 4.79 Å². The van der Waals surface area contributed by atoms with Gasteiger partial charge < -0.3 is 33.2 Å². The molecular formula is C47H42O8. The normalized spacial score (nSPS) is 15.8. The fourth-order valence-corrected chi connectivity index (χ4v) is 5.73. The molecule has 2 atom stereocenters. The van der Waals surface area contributed by atoms with Crippen LogP contribution in [0.5, 0.6) is 23.0 Å². The van der Waals surface area contributed by atoms with Crippen LogP contribution in [0.15, 0.2) is 84.9 Å². The molecule has 278 valence electrons. The van der Waals surface area contributed by atoms with E-state index in [1.54, 1.807) is 26.2 Å². The maximum Gasteiger partial charge on any atom is 0.338 e. The third-order valence-electron chi connectivity index (χ3n) is 8.59. The van der Waals surface area contributed by atoms with Gasteiger partial charge in [-0.1, -0.05) is 24.0 Å². The number of rotatable bonds is 10. The van der Waals surface area contributed by atoms with Crippen LogP contribution in [0.2, 0.25) is 0 Å². The lowest BCUT2D eigenvalue weighted by Gasteiger charge is -2.23. The molecule has 55 heavy (non-hydrogen) atoms. The topological polar surface area (TPSA) is 81.7 Å². The van der Waals surface area contributed by atoms with Gasteiger partial charge in [-0.05, 0) is 146 Å². The molecule has 0 saturated carbocycles. The van der Waals surface area contributed by atoms with E-state index in [-0.39, 0.29) is 31.4 Å². The van der Waals surface area contributed by atoms with Crippen molar-refractivity contribution < 1.29 is 38.0 Å². The first kappa shape index (κ1) is 38.4. The van der Waals surface area contributed by atoms with Crippen molar-refractivity contribution in [2.75, 3.05) is 26.9 Å². The number of hydrogen-bond donors (Lipinski definition) is 0. The molecule has 2 unspecified atom stereocenters. The molecule has 8 nitrogen and oxygen atoms in total. The fraction of sp³-hybridized carbons (Fsp3) is 0.298. The Labute approximate surface area is 323 Å². The van der Waals surface area contributed by atoms with Gasteiger partial charge in [0.25, 0.3) is 0 Å². The van der Waals surface area contributed by atoms with Crippen molar-refractivity contribution in [3.8, 4) is 70.4 Å². The van der Waals surface area contributed by atoms with Crippen molar-refractivity contribution in [2.45, 2.75) is 64.6 Å². The van der Waals surface area contributed by atoms with Crippen molar-refractivity contribution >= 4 is 5.97 Å². The summed E-state index contributed by atoms with van der Waals surface area (Å²) in [7, 11) is 1.62. The Hall–Kier alpha value is -6.29. The number of methoxy groups -OCH3 is 1. The van der Waals surface area contributed by atoms with Crippen molar-refractivity contribution in [2.24, 2.45) is 0 Å². The van der Waals surface area contributed by atoms with Gasteiger partial charge in [0.15, 0.2) is 18.3 Å². The fourth-order valence-electron chi connectivity index (χ4n) is 5.73. The number of carbonyl (C=O) groups excluding carboxylic acids is 1. The predicted molar refractivity (Wildman–Crippen MR) is 209 cm³/mol. The average molecular weight is 735 g/mol. The molecule has 8 heteroatoms. The van der Waals surface area contributed by atoms with E-state index in [4.69, 9.17) is 33.2 Å². The molecule has 0 bridgehead atoms. The van der Waals surface area contributed by atoms with Crippen LogP contribution in [0.25, 0.3) is 0 Å². The number of hydrogen-bond acceptors (Lipinski definition) is 8. The zero-order valence-electron chi connectivity index (χ0n) is 31.1. The van der Waals surface area contributed by atoms with Crippen LogP contribution < -0.4 is 18.9 Å². The summed E-state index contributed by atoms with van der Waals surface area (Å²) in [5, 5.41) is 0. The van der Waals surface area contributed by atoms with E-state index in [0.29, 0.717) is 30.1 Å². The van der Waals surface area contributed by atoms with Crippen LogP contribution in [0.3, 0.4) is 0 Å². The van der Waals surface area contributed by atoms with Gasteiger partial charge in [-0.2, -0.15) is 0 Å². The minimum atomic E-state index is -0.505. The van der Waals surface area contributed by atoms with E-state index < -0.39 is 5.97 Å². The highest BCUT2D eigenvalue weighted by Gasteiger charge is 2.17. The predicted octanol–water partition coefficient (Wildman–Crippen LogP) is 8.07. The smallest absolute Gasteiger partial charge is 0.338 e. The average Bonchev–Trinajstić information content (AvgIpc) is 3.22. The maximum atomic E-state index is 13.0. The standard InChI is InChI=1S/C47H42O8/c1-3-50-47(48)40-32-38(14-6-4-12-35-18-26-42(27-19-35)54-44-16-8-10-30-51-44)46(53-34-37-22-24-41(49-2)25-23-37)39(33-40)15-7-5-13-36-20-28-43(29-21-36)55-45-17-9-11-31-52-45/h18-29,32-33,44-45H,3,8-11,16-17,30-31,34H2,1-2H3. The molecule has 2 saturated heterocycles. The number of ether oxygens (including phenoxy) is 7.